The molecule has 1 N–H and O–H groups in total. The number of benzene rings is 3. The van der Waals surface area contributed by atoms with Crippen LogP contribution in [-0.4, -0.2) is 25.2 Å². The molecule has 29 heavy (non-hydrogen) atoms. The standard InChI is InChI=1S/C23H17N3O3/c24-15-16-6-1-2-9-19(16)20-10-3-4-11-21(20)22(27)25-17-7-5-8-18(14-17)26-12-13-29-23(26)28/h1-11,14H,12-13H2,(H,25,27). The molecule has 0 bridgehead atoms. The van der Waals surface area contributed by atoms with Crippen molar-refractivity contribution in [3.63, 3.8) is 0 Å². The zero-order chi connectivity index (χ0) is 20.2. The number of rotatable bonds is 4. The largest absolute Gasteiger partial charge is 0.447 e. The molecule has 0 aliphatic carbocycles. The average Bonchev–Trinajstić information content (AvgIpc) is 3.20. The molecule has 3 aromatic rings. The van der Waals surface area contributed by atoms with Gasteiger partial charge in [0.2, 0.25) is 0 Å². The fraction of sp³-hybridized carbons (Fsp3) is 0.0870. The van der Waals surface area contributed by atoms with Crippen LogP contribution in [0.1, 0.15) is 15.9 Å². The van der Waals surface area contributed by atoms with Crippen molar-refractivity contribution < 1.29 is 14.3 Å². The minimum Gasteiger partial charge on any atom is -0.447 e. The van der Waals surface area contributed by atoms with Gasteiger partial charge in [-0.15, -0.1) is 0 Å². The summed E-state index contributed by atoms with van der Waals surface area (Å²) in [5.74, 6) is -0.297. The number of ether oxygens (including phenoxy) is 1. The van der Waals surface area contributed by atoms with Gasteiger partial charge in [-0.1, -0.05) is 42.5 Å². The highest BCUT2D eigenvalue weighted by Crippen LogP contribution is 2.28. The van der Waals surface area contributed by atoms with Gasteiger partial charge in [-0.2, -0.15) is 5.26 Å². The number of carbonyl (C=O) groups is 2. The van der Waals surface area contributed by atoms with Crippen molar-refractivity contribution in [1.82, 2.24) is 0 Å². The van der Waals surface area contributed by atoms with Crippen molar-refractivity contribution in [3.05, 3.63) is 83.9 Å². The van der Waals surface area contributed by atoms with Crippen LogP contribution in [0.25, 0.3) is 11.1 Å². The molecule has 0 unspecified atom stereocenters. The molecule has 0 radical (unpaired) electrons. The lowest BCUT2D eigenvalue weighted by atomic mass is 9.95. The summed E-state index contributed by atoms with van der Waals surface area (Å²) in [4.78, 5) is 26.3. The second-order valence-electron chi connectivity index (χ2n) is 6.47. The number of hydrogen-bond acceptors (Lipinski definition) is 4. The van der Waals surface area contributed by atoms with Gasteiger partial charge in [0, 0.05) is 22.5 Å². The van der Waals surface area contributed by atoms with E-state index >= 15 is 0 Å². The Morgan fingerprint density at radius 1 is 1.00 bits per heavy atom. The molecule has 0 spiro atoms. The summed E-state index contributed by atoms with van der Waals surface area (Å²) in [5.41, 5.74) is 3.57. The van der Waals surface area contributed by atoms with Crippen LogP contribution >= 0.6 is 0 Å². The lowest BCUT2D eigenvalue weighted by Gasteiger charge is -2.15. The number of nitrogens with one attached hydrogen (secondary N) is 1. The van der Waals surface area contributed by atoms with Gasteiger partial charge in [0.15, 0.2) is 0 Å². The molecule has 0 saturated carbocycles. The number of nitrogens with zero attached hydrogens (tertiary/aromatic N) is 2. The Morgan fingerprint density at radius 3 is 2.52 bits per heavy atom. The summed E-state index contributed by atoms with van der Waals surface area (Å²) in [6, 6.07) is 23.6. The van der Waals surface area contributed by atoms with Crippen LogP contribution in [0.4, 0.5) is 16.2 Å². The number of hydrogen-bond donors (Lipinski definition) is 1. The predicted molar refractivity (Wildman–Crippen MR) is 110 cm³/mol. The van der Waals surface area contributed by atoms with Crippen molar-refractivity contribution >= 4 is 23.4 Å². The Balaban J connectivity index is 1.64. The second-order valence-corrected chi connectivity index (χ2v) is 6.47. The van der Waals surface area contributed by atoms with Crippen molar-refractivity contribution in [2.75, 3.05) is 23.4 Å². The maximum atomic E-state index is 13.0. The third-order valence-electron chi connectivity index (χ3n) is 4.69. The Labute approximate surface area is 168 Å². The van der Waals surface area contributed by atoms with E-state index in [1.165, 1.54) is 4.90 Å². The van der Waals surface area contributed by atoms with Gasteiger partial charge in [-0.25, -0.2) is 4.79 Å². The SMILES string of the molecule is N#Cc1ccccc1-c1ccccc1C(=O)Nc1cccc(N2CCOC2=O)c1. The molecular formula is C23H17N3O3. The molecule has 142 valence electrons. The van der Waals surface area contributed by atoms with Gasteiger partial charge in [0.1, 0.15) is 6.61 Å². The van der Waals surface area contributed by atoms with Gasteiger partial charge in [-0.05, 0) is 35.9 Å². The van der Waals surface area contributed by atoms with E-state index in [0.717, 1.165) is 0 Å². The molecule has 1 aliphatic heterocycles. The zero-order valence-corrected chi connectivity index (χ0v) is 15.5. The van der Waals surface area contributed by atoms with Crippen LogP contribution in [0.2, 0.25) is 0 Å². The van der Waals surface area contributed by atoms with E-state index in [-0.39, 0.29) is 5.91 Å². The van der Waals surface area contributed by atoms with E-state index in [4.69, 9.17) is 4.74 Å². The molecule has 1 saturated heterocycles. The third-order valence-corrected chi connectivity index (χ3v) is 4.69. The monoisotopic (exact) mass is 383 g/mol. The van der Waals surface area contributed by atoms with Crippen LogP contribution < -0.4 is 10.2 Å². The van der Waals surface area contributed by atoms with Gasteiger partial charge < -0.3 is 10.1 Å². The van der Waals surface area contributed by atoms with Crippen LogP contribution in [0, 0.1) is 11.3 Å². The lowest BCUT2D eigenvalue weighted by molar-refractivity contribution is 0.102. The molecular weight excluding hydrogens is 366 g/mol. The third kappa shape index (κ3) is 3.66. The summed E-state index contributed by atoms with van der Waals surface area (Å²) in [6.45, 7) is 0.825. The molecule has 2 amide bonds. The topological polar surface area (TPSA) is 82.4 Å². The van der Waals surface area contributed by atoms with E-state index < -0.39 is 6.09 Å². The number of cyclic esters (lactones) is 1. The highest BCUT2D eigenvalue weighted by molar-refractivity contribution is 6.09. The average molecular weight is 383 g/mol. The summed E-state index contributed by atoms with van der Waals surface area (Å²) >= 11 is 0. The summed E-state index contributed by atoms with van der Waals surface area (Å²) < 4.78 is 4.97. The normalized spacial score (nSPS) is 12.9. The van der Waals surface area contributed by atoms with Crippen molar-refractivity contribution in [3.8, 4) is 17.2 Å². The molecule has 3 aromatic carbocycles. The maximum absolute atomic E-state index is 13.0. The second kappa shape index (κ2) is 7.87. The molecule has 1 fully saturated rings. The van der Waals surface area contributed by atoms with Crippen LogP contribution in [0.3, 0.4) is 0 Å². The summed E-state index contributed by atoms with van der Waals surface area (Å²) in [7, 11) is 0. The minimum absolute atomic E-state index is 0.297. The molecule has 4 rings (SSSR count). The Hall–Kier alpha value is -4.11. The van der Waals surface area contributed by atoms with Gasteiger partial charge in [0.05, 0.1) is 18.2 Å². The first-order chi connectivity index (χ1) is 14.2. The maximum Gasteiger partial charge on any atom is 0.414 e. The van der Waals surface area contributed by atoms with E-state index in [9.17, 15) is 14.9 Å². The fourth-order valence-electron chi connectivity index (χ4n) is 3.31. The number of carbonyl (C=O) groups excluding carboxylic acids is 2. The van der Waals surface area contributed by atoms with Crippen molar-refractivity contribution in [2.45, 2.75) is 0 Å². The Kier molecular flexibility index (Phi) is 4.95. The molecule has 0 atom stereocenters. The Morgan fingerprint density at radius 2 is 1.76 bits per heavy atom. The first-order valence-corrected chi connectivity index (χ1v) is 9.11. The molecule has 1 heterocycles. The first kappa shape index (κ1) is 18.3. The van der Waals surface area contributed by atoms with Crippen LogP contribution in [-0.2, 0) is 4.74 Å². The van der Waals surface area contributed by atoms with Crippen LogP contribution in [0.5, 0.6) is 0 Å². The van der Waals surface area contributed by atoms with Gasteiger partial charge in [0.25, 0.3) is 5.91 Å². The van der Waals surface area contributed by atoms with Gasteiger partial charge in [-0.3, -0.25) is 9.69 Å². The van der Waals surface area contributed by atoms with Gasteiger partial charge >= 0.3 is 6.09 Å². The van der Waals surface area contributed by atoms with Crippen LogP contribution in [0.15, 0.2) is 72.8 Å². The molecule has 0 aromatic heterocycles. The molecule has 6 nitrogen and oxygen atoms in total. The Bertz CT molecular complexity index is 1130. The fourth-order valence-corrected chi connectivity index (χ4v) is 3.31. The zero-order valence-electron chi connectivity index (χ0n) is 15.5. The minimum atomic E-state index is -0.396. The van der Waals surface area contributed by atoms with E-state index in [2.05, 4.69) is 11.4 Å². The molecule has 6 heteroatoms. The summed E-state index contributed by atoms with van der Waals surface area (Å²) in [5, 5.41) is 12.3. The predicted octanol–water partition coefficient (Wildman–Crippen LogP) is 4.43. The van der Waals surface area contributed by atoms with Crippen molar-refractivity contribution in [1.29, 1.82) is 5.26 Å². The number of amides is 2. The smallest absolute Gasteiger partial charge is 0.414 e. The highest BCUT2D eigenvalue weighted by Gasteiger charge is 2.24. The van der Waals surface area contributed by atoms with E-state index in [1.807, 2.05) is 24.3 Å². The summed E-state index contributed by atoms with van der Waals surface area (Å²) in [6.07, 6.45) is -0.396. The highest BCUT2D eigenvalue weighted by atomic mass is 16.6. The quantitative estimate of drug-likeness (QED) is 0.722. The number of nitriles is 1. The first-order valence-electron chi connectivity index (χ1n) is 9.11. The van der Waals surface area contributed by atoms with E-state index in [1.54, 1.807) is 48.5 Å². The van der Waals surface area contributed by atoms with Crippen molar-refractivity contribution in [2.24, 2.45) is 0 Å². The molecule has 1 aliphatic rings. The number of anilines is 2. The van der Waals surface area contributed by atoms with E-state index in [0.29, 0.717) is 46.8 Å². The lowest BCUT2D eigenvalue weighted by Crippen LogP contribution is -2.23.